The highest BCUT2D eigenvalue weighted by atomic mass is 35.5. The van der Waals surface area contributed by atoms with E-state index in [1.54, 1.807) is 12.1 Å². The molecule has 0 atom stereocenters. The molecule has 4 rings (SSSR count). The van der Waals surface area contributed by atoms with Crippen LogP contribution in [-0.4, -0.2) is 17.7 Å². The van der Waals surface area contributed by atoms with E-state index in [1.165, 1.54) is 0 Å². The van der Waals surface area contributed by atoms with Crippen LogP contribution in [0, 0.1) is 0 Å². The monoisotopic (exact) mass is 328 g/mol. The molecular formula is C17H13ClN2O3. The molecule has 0 bridgehead atoms. The lowest BCUT2D eigenvalue weighted by Crippen LogP contribution is -2.23. The predicted octanol–water partition coefficient (Wildman–Crippen LogP) is 3.48. The second-order valence-corrected chi connectivity index (χ2v) is 5.66. The van der Waals surface area contributed by atoms with Gasteiger partial charge in [-0.05, 0) is 29.8 Å². The van der Waals surface area contributed by atoms with Crippen molar-refractivity contribution >= 4 is 28.4 Å². The van der Waals surface area contributed by atoms with Gasteiger partial charge in [-0.3, -0.25) is 4.79 Å². The molecule has 0 spiro atoms. The van der Waals surface area contributed by atoms with Crippen LogP contribution in [0.5, 0.6) is 11.5 Å². The Bertz CT molecular complexity index is 904. The number of carbonyl (C=O) groups is 1. The number of rotatable bonds is 3. The summed E-state index contributed by atoms with van der Waals surface area (Å²) in [5.74, 6) is 1.24. The first-order valence-electron chi connectivity index (χ1n) is 7.15. The Morgan fingerprint density at radius 2 is 2.04 bits per heavy atom. The first-order chi connectivity index (χ1) is 11.2. The Balaban J connectivity index is 1.50. The molecule has 5 nitrogen and oxygen atoms in total. The van der Waals surface area contributed by atoms with Crippen LogP contribution in [0.15, 0.2) is 42.5 Å². The van der Waals surface area contributed by atoms with Crippen LogP contribution in [0.25, 0.3) is 10.9 Å². The van der Waals surface area contributed by atoms with Crippen molar-refractivity contribution in [1.29, 1.82) is 0 Å². The third-order valence-corrected chi connectivity index (χ3v) is 4.05. The Hall–Kier alpha value is -2.66. The zero-order valence-corrected chi connectivity index (χ0v) is 12.8. The fourth-order valence-electron chi connectivity index (χ4n) is 2.57. The third kappa shape index (κ3) is 2.59. The van der Waals surface area contributed by atoms with Crippen molar-refractivity contribution in [2.24, 2.45) is 0 Å². The fourth-order valence-corrected chi connectivity index (χ4v) is 2.80. The summed E-state index contributed by atoms with van der Waals surface area (Å²) in [7, 11) is 0. The summed E-state index contributed by atoms with van der Waals surface area (Å²) < 4.78 is 10.6. The number of fused-ring (bicyclic) bond motifs is 2. The van der Waals surface area contributed by atoms with E-state index >= 15 is 0 Å². The molecule has 1 aliphatic heterocycles. The molecule has 2 N–H and O–H groups in total. The van der Waals surface area contributed by atoms with Gasteiger partial charge in [0.05, 0.1) is 10.5 Å². The molecule has 0 unspecified atom stereocenters. The summed E-state index contributed by atoms with van der Waals surface area (Å²) >= 11 is 6.11. The molecule has 0 saturated heterocycles. The van der Waals surface area contributed by atoms with Gasteiger partial charge in [0.1, 0.15) is 5.69 Å². The lowest BCUT2D eigenvalue weighted by atomic mass is 10.2. The van der Waals surface area contributed by atoms with E-state index in [9.17, 15) is 4.79 Å². The molecule has 1 aliphatic rings. The minimum atomic E-state index is -0.185. The molecule has 1 aromatic heterocycles. The molecule has 3 aromatic rings. The van der Waals surface area contributed by atoms with Gasteiger partial charge in [-0.25, -0.2) is 0 Å². The van der Waals surface area contributed by atoms with Crippen LogP contribution in [0.2, 0.25) is 5.02 Å². The normalized spacial score (nSPS) is 12.6. The van der Waals surface area contributed by atoms with Gasteiger partial charge in [-0.1, -0.05) is 29.8 Å². The first kappa shape index (κ1) is 14.0. The average Bonchev–Trinajstić information content (AvgIpc) is 3.19. The Morgan fingerprint density at radius 1 is 1.17 bits per heavy atom. The molecule has 23 heavy (non-hydrogen) atoms. The van der Waals surface area contributed by atoms with E-state index in [-0.39, 0.29) is 12.7 Å². The van der Waals surface area contributed by atoms with E-state index < -0.39 is 0 Å². The standard InChI is InChI=1S/C17H13ClN2O3/c18-12-3-1-2-11-7-13(20-16(11)12)17(21)19-8-10-4-5-14-15(6-10)23-9-22-14/h1-7,20H,8-9H2,(H,19,21). The lowest BCUT2D eigenvalue weighted by molar-refractivity contribution is 0.0946. The quantitative estimate of drug-likeness (QED) is 0.773. The van der Waals surface area contributed by atoms with Crippen LogP contribution >= 0.6 is 11.6 Å². The van der Waals surface area contributed by atoms with E-state index in [2.05, 4.69) is 10.3 Å². The number of hydrogen-bond acceptors (Lipinski definition) is 3. The van der Waals surface area contributed by atoms with Crippen LogP contribution in [0.1, 0.15) is 16.1 Å². The molecule has 6 heteroatoms. The summed E-state index contributed by atoms with van der Waals surface area (Å²) in [5.41, 5.74) is 2.19. The fraction of sp³-hybridized carbons (Fsp3) is 0.118. The number of hydrogen-bond donors (Lipinski definition) is 2. The summed E-state index contributed by atoms with van der Waals surface area (Å²) in [6.07, 6.45) is 0. The van der Waals surface area contributed by atoms with E-state index in [4.69, 9.17) is 21.1 Å². The van der Waals surface area contributed by atoms with Crippen LogP contribution < -0.4 is 14.8 Å². The van der Waals surface area contributed by atoms with Gasteiger partial charge >= 0.3 is 0 Å². The molecule has 2 aromatic carbocycles. The zero-order valence-electron chi connectivity index (χ0n) is 12.1. The van der Waals surface area contributed by atoms with Gasteiger partial charge < -0.3 is 19.8 Å². The second kappa shape index (κ2) is 5.52. The maximum Gasteiger partial charge on any atom is 0.267 e. The summed E-state index contributed by atoms with van der Waals surface area (Å²) in [4.78, 5) is 15.3. The van der Waals surface area contributed by atoms with Crippen molar-refractivity contribution in [3.8, 4) is 11.5 Å². The van der Waals surface area contributed by atoms with Crippen molar-refractivity contribution in [3.05, 3.63) is 58.7 Å². The van der Waals surface area contributed by atoms with Crippen molar-refractivity contribution in [1.82, 2.24) is 10.3 Å². The number of carbonyl (C=O) groups excluding carboxylic acids is 1. The van der Waals surface area contributed by atoms with Crippen molar-refractivity contribution in [3.63, 3.8) is 0 Å². The smallest absolute Gasteiger partial charge is 0.267 e. The summed E-state index contributed by atoms with van der Waals surface area (Å²) in [5, 5.41) is 4.38. The van der Waals surface area contributed by atoms with Gasteiger partial charge in [0.25, 0.3) is 5.91 Å². The number of benzene rings is 2. The number of aromatic nitrogens is 1. The van der Waals surface area contributed by atoms with Crippen molar-refractivity contribution in [2.45, 2.75) is 6.54 Å². The Kier molecular flexibility index (Phi) is 3.35. The van der Waals surface area contributed by atoms with Gasteiger partial charge in [-0.2, -0.15) is 0 Å². The maximum absolute atomic E-state index is 12.3. The summed E-state index contributed by atoms with van der Waals surface area (Å²) in [6.45, 7) is 0.638. The Morgan fingerprint density at radius 3 is 2.91 bits per heavy atom. The van der Waals surface area contributed by atoms with Gasteiger partial charge in [0.2, 0.25) is 6.79 Å². The number of para-hydroxylation sites is 1. The van der Waals surface area contributed by atoms with Crippen LogP contribution in [0.3, 0.4) is 0 Å². The number of H-pyrrole nitrogens is 1. The van der Waals surface area contributed by atoms with Gasteiger partial charge in [0.15, 0.2) is 11.5 Å². The maximum atomic E-state index is 12.3. The third-order valence-electron chi connectivity index (χ3n) is 3.74. The molecule has 1 amide bonds. The van der Waals surface area contributed by atoms with Crippen LogP contribution in [0.4, 0.5) is 0 Å². The molecule has 0 radical (unpaired) electrons. The topological polar surface area (TPSA) is 63.4 Å². The zero-order chi connectivity index (χ0) is 15.8. The second-order valence-electron chi connectivity index (χ2n) is 5.26. The van der Waals surface area contributed by atoms with E-state index in [1.807, 2.05) is 30.3 Å². The van der Waals surface area contributed by atoms with Crippen LogP contribution in [-0.2, 0) is 6.54 Å². The van der Waals surface area contributed by atoms with E-state index in [0.717, 1.165) is 22.2 Å². The number of halogens is 1. The molecule has 0 saturated carbocycles. The van der Waals surface area contributed by atoms with Gasteiger partial charge in [0, 0.05) is 11.9 Å². The molecule has 0 aliphatic carbocycles. The average molecular weight is 329 g/mol. The highest BCUT2D eigenvalue weighted by molar-refractivity contribution is 6.35. The lowest BCUT2D eigenvalue weighted by Gasteiger charge is -2.05. The molecular weight excluding hydrogens is 316 g/mol. The Labute approximate surface area is 137 Å². The number of nitrogens with one attached hydrogen (secondary N) is 2. The molecule has 116 valence electrons. The number of amides is 1. The largest absolute Gasteiger partial charge is 0.454 e. The number of ether oxygens (including phenoxy) is 2. The predicted molar refractivity (Wildman–Crippen MR) is 87.0 cm³/mol. The molecule has 0 fully saturated rings. The minimum absolute atomic E-state index is 0.185. The van der Waals surface area contributed by atoms with Crippen molar-refractivity contribution < 1.29 is 14.3 Å². The highest BCUT2D eigenvalue weighted by Crippen LogP contribution is 2.32. The molecule has 2 heterocycles. The minimum Gasteiger partial charge on any atom is -0.454 e. The summed E-state index contributed by atoms with van der Waals surface area (Å²) in [6, 6.07) is 12.9. The highest BCUT2D eigenvalue weighted by Gasteiger charge is 2.14. The van der Waals surface area contributed by atoms with Gasteiger partial charge in [-0.15, -0.1) is 0 Å². The SMILES string of the molecule is O=C(NCc1ccc2c(c1)OCO2)c1cc2cccc(Cl)c2[nH]1. The number of aromatic amines is 1. The first-order valence-corrected chi connectivity index (χ1v) is 7.52. The van der Waals surface area contributed by atoms with Crippen molar-refractivity contribution in [2.75, 3.05) is 6.79 Å². The van der Waals surface area contributed by atoms with E-state index in [0.29, 0.717) is 23.0 Å².